The number of ether oxygens (including phenoxy) is 6. The normalized spacial score (nSPS) is 22.4. The lowest BCUT2D eigenvalue weighted by atomic mass is 9.98. The minimum absolute atomic E-state index is 0.0338. The molecule has 1 fully saturated rings. The number of esters is 4. The Bertz CT molecular complexity index is 1530. The maximum Gasteiger partial charge on any atom is 0.344 e. The van der Waals surface area contributed by atoms with Gasteiger partial charge in [0.25, 0.3) is 0 Å². The number of carbonyl (C=O) groups is 4. The van der Waals surface area contributed by atoms with Gasteiger partial charge in [-0.05, 0) is 17.5 Å². The quantitative estimate of drug-likeness (QED) is 0.176. The highest BCUT2D eigenvalue weighted by atomic mass is 35.5. The van der Waals surface area contributed by atoms with Gasteiger partial charge in [-0.1, -0.05) is 29.8 Å². The summed E-state index contributed by atoms with van der Waals surface area (Å²) in [6, 6.07) is 9.72. The van der Waals surface area contributed by atoms with Crippen LogP contribution in [0, 0.1) is 0 Å². The van der Waals surface area contributed by atoms with Gasteiger partial charge in [0, 0.05) is 39.1 Å². The van der Waals surface area contributed by atoms with E-state index in [4.69, 9.17) is 44.4 Å². The molecule has 0 radical (unpaired) electrons. The highest BCUT2D eigenvalue weighted by Crippen LogP contribution is 2.36. The van der Waals surface area contributed by atoms with Crippen molar-refractivity contribution in [2.75, 3.05) is 6.61 Å². The van der Waals surface area contributed by atoms with Gasteiger partial charge in [-0.3, -0.25) is 19.2 Å². The Morgan fingerprint density at radius 1 is 0.800 bits per heavy atom. The van der Waals surface area contributed by atoms with E-state index in [9.17, 15) is 24.0 Å². The lowest BCUT2D eigenvalue weighted by molar-refractivity contribution is -0.288. The van der Waals surface area contributed by atoms with Crippen LogP contribution in [-0.4, -0.2) is 61.2 Å². The fraction of sp³-hybridized carbons (Fsp3) is 0.370. The second-order valence-electron chi connectivity index (χ2n) is 8.90. The Hall–Kier alpha value is -4.16. The third-order valence-corrected chi connectivity index (χ3v) is 6.16. The van der Waals surface area contributed by atoms with Crippen molar-refractivity contribution in [3.8, 4) is 5.75 Å². The van der Waals surface area contributed by atoms with Crippen LogP contribution >= 0.6 is 11.6 Å². The van der Waals surface area contributed by atoms with E-state index in [1.54, 1.807) is 24.3 Å². The van der Waals surface area contributed by atoms with Crippen LogP contribution in [0.2, 0.25) is 5.02 Å². The second kappa shape index (κ2) is 11.9. The number of carbonyl (C=O) groups excluding carboxylic acids is 4. The zero-order valence-electron chi connectivity index (χ0n) is 21.8. The number of hydrogen-bond donors (Lipinski definition) is 0. The van der Waals surface area contributed by atoms with Gasteiger partial charge in [0.1, 0.15) is 24.0 Å². The fourth-order valence-corrected chi connectivity index (χ4v) is 4.59. The first-order valence-corrected chi connectivity index (χ1v) is 12.4. The van der Waals surface area contributed by atoms with Gasteiger partial charge in [-0.25, -0.2) is 4.79 Å². The molecule has 1 aliphatic rings. The summed E-state index contributed by atoms with van der Waals surface area (Å²) >= 11 is 6.54. The first-order chi connectivity index (χ1) is 18.9. The average Bonchev–Trinajstić information content (AvgIpc) is 2.87. The summed E-state index contributed by atoms with van der Waals surface area (Å²) in [7, 11) is 0. The zero-order valence-corrected chi connectivity index (χ0v) is 22.6. The standard InChI is InChI=1S/C27H25ClO12/c1-12(29)34-11-22-23(35-13(2)30)24(36-14(3)31)25(37-15(4)32)27(40-22)39-21-10-20-18(9-19(21)28)16-7-5-6-8-17(16)26(33)38-20/h5-10,22-25,27H,11H2,1-4H3/t22-,23+,24-,25+,27+/m1/s1. The van der Waals surface area contributed by atoms with E-state index in [-0.39, 0.29) is 16.4 Å². The largest absolute Gasteiger partial charge is 0.463 e. The Morgan fingerprint density at radius 2 is 1.40 bits per heavy atom. The van der Waals surface area contributed by atoms with E-state index in [0.29, 0.717) is 16.2 Å². The molecule has 0 unspecified atom stereocenters. The summed E-state index contributed by atoms with van der Waals surface area (Å²) in [5.74, 6) is -3.04. The smallest absolute Gasteiger partial charge is 0.344 e. The molecule has 2 aromatic carbocycles. The minimum atomic E-state index is -1.51. The third kappa shape index (κ3) is 6.35. The maximum absolute atomic E-state index is 12.5. The Morgan fingerprint density at radius 3 is 2.02 bits per heavy atom. The Labute approximate surface area is 231 Å². The van der Waals surface area contributed by atoms with Gasteiger partial charge >= 0.3 is 29.5 Å². The lowest BCUT2D eigenvalue weighted by Gasteiger charge is -2.43. The summed E-state index contributed by atoms with van der Waals surface area (Å²) < 4.78 is 38.6. The van der Waals surface area contributed by atoms with E-state index < -0.39 is 66.8 Å². The highest BCUT2D eigenvalue weighted by Gasteiger charge is 2.53. The van der Waals surface area contributed by atoms with Gasteiger partial charge in [0.05, 0.1) is 10.4 Å². The van der Waals surface area contributed by atoms with E-state index in [2.05, 4.69) is 0 Å². The van der Waals surface area contributed by atoms with Crippen LogP contribution in [0.25, 0.3) is 21.7 Å². The van der Waals surface area contributed by atoms with Crippen molar-refractivity contribution in [2.45, 2.75) is 58.4 Å². The number of hydrogen-bond acceptors (Lipinski definition) is 12. The topological polar surface area (TPSA) is 154 Å². The molecule has 12 nitrogen and oxygen atoms in total. The fourth-order valence-electron chi connectivity index (χ4n) is 4.38. The molecular formula is C27H25ClO12. The summed E-state index contributed by atoms with van der Waals surface area (Å²) in [5.41, 5.74) is -0.433. The lowest BCUT2D eigenvalue weighted by Crippen LogP contribution is -2.63. The van der Waals surface area contributed by atoms with Crippen LogP contribution in [-0.2, 0) is 42.9 Å². The molecule has 2 heterocycles. The van der Waals surface area contributed by atoms with Gasteiger partial charge in [-0.15, -0.1) is 0 Å². The number of rotatable bonds is 7. The molecule has 0 amide bonds. The predicted octanol–water partition coefficient (Wildman–Crippen LogP) is 3.06. The Kier molecular flexibility index (Phi) is 8.60. The van der Waals surface area contributed by atoms with Gasteiger partial charge in [0.2, 0.25) is 12.4 Å². The number of benzene rings is 2. The SMILES string of the molecule is CC(=O)OC[C@H]1O[C@H](Oc2cc3oc(=O)c4ccccc4c3cc2Cl)[C@@H](OC(C)=O)[C@H](OC(C)=O)[C@H]1OC(C)=O. The Balaban J connectivity index is 1.78. The molecule has 13 heteroatoms. The van der Waals surface area contributed by atoms with Crippen molar-refractivity contribution in [3.63, 3.8) is 0 Å². The van der Waals surface area contributed by atoms with Crippen molar-refractivity contribution < 1.29 is 52.0 Å². The van der Waals surface area contributed by atoms with E-state index in [1.165, 1.54) is 12.1 Å². The van der Waals surface area contributed by atoms with Crippen LogP contribution in [0.15, 0.2) is 45.6 Å². The van der Waals surface area contributed by atoms with Gasteiger partial charge < -0.3 is 32.8 Å². The minimum Gasteiger partial charge on any atom is -0.463 e. The molecule has 212 valence electrons. The van der Waals surface area contributed by atoms with Gasteiger partial charge in [-0.2, -0.15) is 0 Å². The number of fused-ring (bicyclic) bond motifs is 3. The second-order valence-corrected chi connectivity index (χ2v) is 9.31. The molecule has 0 aliphatic carbocycles. The molecule has 1 aromatic heterocycles. The van der Waals surface area contributed by atoms with Crippen LogP contribution in [0.4, 0.5) is 0 Å². The molecule has 0 spiro atoms. The van der Waals surface area contributed by atoms with Crippen molar-refractivity contribution in [1.29, 1.82) is 0 Å². The van der Waals surface area contributed by atoms with Crippen molar-refractivity contribution in [1.82, 2.24) is 0 Å². The maximum atomic E-state index is 12.5. The third-order valence-electron chi connectivity index (χ3n) is 5.87. The van der Waals surface area contributed by atoms with Crippen molar-refractivity contribution in [2.24, 2.45) is 0 Å². The molecule has 40 heavy (non-hydrogen) atoms. The van der Waals surface area contributed by atoms with E-state index in [1.807, 2.05) is 0 Å². The molecular weight excluding hydrogens is 552 g/mol. The first-order valence-electron chi connectivity index (χ1n) is 12.1. The van der Waals surface area contributed by atoms with E-state index in [0.717, 1.165) is 27.7 Å². The van der Waals surface area contributed by atoms with Crippen LogP contribution < -0.4 is 10.4 Å². The molecule has 1 saturated heterocycles. The molecule has 4 rings (SSSR count). The summed E-state index contributed by atoms with van der Waals surface area (Å²) in [6.45, 7) is 4.06. The van der Waals surface area contributed by atoms with Crippen molar-refractivity contribution in [3.05, 3.63) is 51.8 Å². The van der Waals surface area contributed by atoms with Crippen LogP contribution in [0.1, 0.15) is 27.7 Å². The highest BCUT2D eigenvalue weighted by molar-refractivity contribution is 6.33. The summed E-state index contributed by atoms with van der Waals surface area (Å²) in [5, 5.41) is 1.59. The van der Waals surface area contributed by atoms with Crippen molar-refractivity contribution >= 4 is 57.2 Å². The summed E-state index contributed by atoms with van der Waals surface area (Å²) in [6.07, 6.45) is -6.96. The van der Waals surface area contributed by atoms with Gasteiger partial charge in [0.15, 0.2) is 12.2 Å². The monoisotopic (exact) mass is 576 g/mol. The molecule has 3 aromatic rings. The number of halogens is 1. The molecule has 0 saturated carbocycles. The molecule has 5 atom stereocenters. The van der Waals surface area contributed by atoms with Crippen LogP contribution in [0.5, 0.6) is 5.75 Å². The molecule has 0 N–H and O–H groups in total. The van der Waals surface area contributed by atoms with E-state index >= 15 is 0 Å². The predicted molar refractivity (Wildman–Crippen MR) is 138 cm³/mol. The summed E-state index contributed by atoms with van der Waals surface area (Å²) in [4.78, 5) is 60.0. The average molecular weight is 577 g/mol. The molecule has 1 aliphatic heterocycles. The van der Waals surface area contributed by atoms with Crippen LogP contribution in [0.3, 0.4) is 0 Å². The first kappa shape index (κ1) is 28.8. The molecule has 0 bridgehead atoms. The zero-order chi connectivity index (χ0) is 29.1.